The maximum Gasteiger partial charge on any atom is 0.234 e. The van der Waals surface area contributed by atoms with E-state index in [9.17, 15) is 4.79 Å². The number of thioether (sulfide) groups is 1. The fourth-order valence-corrected chi connectivity index (χ4v) is 4.27. The molecule has 4 rings (SSSR count). The Hall–Kier alpha value is -3.59. The maximum absolute atomic E-state index is 12.5. The van der Waals surface area contributed by atoms with Crippen LogP contribution in [0.5, 0.6) is 5.75 Å². The number of carbonyl (C=O) groups excluding carboxylic acids is 1. The number of hydrogen-bond acceptors (Lipinski definition) is 6. The standard InChI is InChI=1S/C24H26N6O2S/c1-4-30-23(20-15-29(3)28-22(20)17-9-7-6-8-10-17)26-27-24(30)33-16-21(31)25-18-11-13-19(14-12-18)32-5-2/h6-15H,4-5,16H2,1-3H3,(H,25,31). The molecule has 0 atom stereocenters. The minimum Gasteiger partial charge on any atom is -0.494 e. The Bertz CT molecular complexity index is 1220. The molecule has 0 radical (unpaired) electrons. The molecule has 2 aromatic heterocycles. The second-order valence-electron chi connectivity index (χ2n) is 7.28. The molecule has 0 bridgehead atoms. The molecule has 2 aromatic carbocycles. The third kappa shape index (κ3) is 5.25. The molecule has 1 amide bonds. The summed E-state index contributed by atoms with van der Waals surface area (Å²) in [6.07, 6.45) is 1.95. The smallest absolute Gasteiger partial charge is 0.234 e. The molecule has 33 heavy (non-hydrogen) atoms. The normalized spacial score (nSPS) is 10.9. The van der Waals surface area contributed by atoms with Crippen LogP contribution in [0.2, 0.25) is 0 Å². The van der Waals surface area contributed by atoms with Crippen molar-refractivity contribution in [3.05, 3.63) is 60.8 Å². The van der Waals surface area contributed by atoms with Gasteiger partial charge in [-0.2, -0.15) is 5.10 Å². The predicted molar refractivity (Wildman–Crippen MR) is 130 cm³/mol. The van der Waals surface area contributed by atoms with Crippen LogP contribution in [-0.4, -0.2) is 42.8 Å². The number of amides is 1. The van der Waals surface area contributed by atoms with Crippen molar-refractivity contribution >= 4 is 23.4 Å². The summed E-state index contributed by atoms with van der Waals surface area (Å²) < 4.78 is 9.23. The highest BCUT2D eigenvalue weighted by molar-refractivity contribution is 7.99. The van der Waals surface area contributed by atoms with Gasteiger partial charge in [-0.25, -0.2) is 0 Å². The number of aryl methyl sites for hydroxylation is 1. The molecule has 1 N–H and O–H groups in total. The van der Waals surface area contributed by atoms with Gasteiger partial charge in [-0.1, -0.05) is 42.1 Å². The number of rotatable bonds is 9. The summed E-state index contributed by atoms with van der Waals surface area (Å²) in [4.78, 5) is 12.5. The summed E-state index contributed by atoms with van der Waals surface area (Å²) in [6, 6.07) is 17.3. The van der Waals surface area contributed by atoms with Crippen molar-refractivity contribution in [2.45, 2.75) is 25.5 Å². The molecule has 0 aliphatic carbocycles. The van der Waals surface area contributed by atoms with E-state index in [1.54, 1.807) is 4.68 Å². The van der Waals surface area contributed by atoms with E-state index in [1.165, 1.54) is 11.8 Å². The molecule has 0 saturated carbocycles. The van der Waals surface area contributed by atoms with Crippen LogP contribution in [-0.2, 0) is 18.4 Å². The zero-order valence-electron chi connectivity index (χ0n) is 18.9. The van der Waals surface area contributed by atoms with Gasteiger partial charge in [-0.3, -0.25) is 9.48 Å². The number of ether oxygens (including phenoxy) is 1. The molecule has 8 nitrogen and oxygen atoms in total. The predicted octanol–water partition coefficient (Wildman–Crippen LogP) is 4.50. The molecule has 0 aliphatic heterocycles. The minimum atomic E-state index is -0.109. The fourth-order valence-electron chi connectivity index (χ4n) is 3.47. The van der Waals surface area contributed by atoms with E-state index in [0.29, 0.717) is 18.3 Å². The number of aromatic nitrogens is 5. The van der Waals surface area contributed by atoms with E-state index in [0.717, 1.165) is 34.1 Å². The van der Waals surface area contributed by atoms with Crippen LogP contribution < -0.4 is 10.1 Å². The van der Waals surface area contributed by atoms with Crippen molar-refractivity contribution < 1.29 is 9.53 Å². The fraction of sp³-hybridized carbons (Fsp3) is 0.250. The van der Waals surface area contributed by atoms with Gasteiger partial charge in [0.25, 0.3) is 0 Å². The minimum absolute atomic E-state index is 0.109. The van der Waals surface area contributed by atoms with Crippen molar-refractivity contribution in [3.8, 4) is 28.4 Å². The average Bonchev–Trinajstić information content (AvgIpc) is 3.42. The van der Waals surface area contributed by atoms with Gasteiger partial charge in [0.15, 0.2) is 11.0 Å². The Morgan fingerprint density at radius 1 is 1.06 bits per heavy atom. The number of nitrogens with zero attached hydrogens (tertiary/aromatic N) is 5. The van der Waals surface area contributed by atoms with Crippen LogP contribution >= 0.6 is 11.8 Å². The Kier molecular flexibility index (Phi) is 7.09. The van der Waals surface area contributed by atoms with Gasteiger partial charge in [-0.05, 0) is 38.1 Å². The Labute approximate surface area is 197 Å². The van der Waals surface area contributed by atoms with Crippen LogP contribution in [0, 0.1) is 0 Å². The molecular formula is C24H26N6O2S. The second kappa shape index (κ2) is 10.4. The quantitative estimate of drug-likeness (QED) is 0.369. The van der Waals surface area contributed by atoms with Crippen LogP contribution in [0.3, 0.4) is 0 Å². The lowest BCUT2D eigenvalue weighted by atomic mass is 10.1. The van der Waals surface area contributed by atoms with Gasteiger partial charge in [-0.15, -0.1) is 10.2 Å². The SMILES string of the molecule is CCOc1ccc(NC(=O)CSc2nnc(-c3cn(C)nc3-c3ccccc3)n2CC)cc1. The molecule has 0 aliphatic rings. The van der Waals surface area contributed by atoms with E-state index in [2.05, 4.69) is 20.6 Å². The van der Waals surface area contributed by atoms with Gasteiger partial charge >= 0.3 is 0 Å². The number of nitrogens with one attached hydrogen (secondary N) is 1. The van der Waals surface area contributed by atoms with E-state index >= 15 is 0 Å². The van der Waals surface area contributed by atoms with Gasteiger partial charge in [0.1, 0.15) is 11.4 Å². The first kappa shape index (κ1) is 22.6. The Morgan fingerprint density at radius 2 is 1.82 bits per heavy atom. The highest BCUT2D eigenvalue weighted by Gasteiger charge is 2.20. The van der Waals surface area contributed by atoms with Crippen LogP contribution in [0.15, 0.2) is 66.0 Å². The van der Waals surface area contributed by atoms with Crippen LogP contribution in [0.25, 0.3) is 22.6 Å². The number of carbonyl (C=O) groups is 1. The molecule has 0 spiro atoms. The van der Waals surface area contributed by atoms with Crippen molar-refractivity contribution in [2.75, 3.05) is 17.7 Å². The van der Waals surface area contributed by atoms with Crippen molar-refractivity contribution in [1.29, 1.82) is 0 Å². The summed E-state index contributed by atoms with van der Waals surface area (Å²) in [5.74, 6) is 1.63. The second-order valence-corrected chi connectivity index (χ2v) is 8.22. The van der Waals surface area contributed by atoms with Crippen LogP contribution in [0.1, 0.15) is 13.8 Å². The summed E-state index contributed by atoms with van der Waals surface area (Å²) in [5, 5.41) is 17.0. The summed E-state index contributed by atoms with van der Waals surface area (Å²) in [6.45, 7) is 5.25. The highest BCUT2D eigenvalue weighted by Crippen LogP contribution is 2.31. The summed E-state index contributed by atoms with van der Waals surface area (Å²) >= 11 is 1.36. The lowest BCUT2D eigenvalue weighted by Crippen LogP contribution is -2.14. The number of benzene rings is 2. The highest BCUT2D eigenvalue weighted by atomic mass is 32.2. The summed E-state index contributed by atoms with van der Waals surface area (Å²) in [5.41, 5.74) is 3.50. The molecule has 0 fully saturated rings. The molecule has 2 heterocycles. The van der Waals surface area contributed by atoms with Crippen LogP contribution in [0.4, 0.5) is 5.69 Å². The zero-order valence-corrected chi connectivity index (χ0v) is 19.7. The molecule has 170 valence electrons. The monoisotopic (exact) mass is 462 g/mol. The first-order chi connectivity index (χ1) is 16.1. The lowest BCUT2D eigenvalue weighted by Gasteiger charge is -2.09. The van der Waals surface area contributed by atoms with E-state index in [-0.39, 0.29) is 11.7 Å². The van der Waals surface area contributed by atoms with E-state index in [1.807, 2.05) is 86.3 Å². The Morgan fingerprint density at radius 3 is 2.52 bits per heavy atom. The third-order valence-corrected chi connectivity index (χ3v) is 5.90. The first-order valence-electron chi connectivity index (χ1n) is 10.8. The molecule has 0 unspecified atom stereocenters. The molecular weight excluding hydrogens is 436 g/mol. The molecule has 4 aromatic rings. The first-order valence-corrected chi connectivity index (χ1v) is 11.8. The van der Waals surface area contributed by atoms with Crippen molar-refractivity contribution in [3.63, 3.8) is 0 Å². The van der Waals surface area contributed by atoms with Gasteiger partial charge in [0.2, 0.25) is 5.91 Å². The zero-order chi connectivity index (χ0) is 23.2. The average molecular weight is 463 g/mol. The van der Waals surface area contributed by atoms with Crippen molar-refractivity contribution in [1.82, 2.24) is 24.5 Å². The lowest BCUT2D eigenvalue weighted by molar-refractivity contribution is -0.113. The third-order valence-electron chi connectivity index (χ3n) is 4.93. The Balaban J connectivity index is 1.48. The molecule has 0 saturated heterocycles. The topological polar surface area (TPSA) is 86.9 Å². The summed E-state index contributed by atoms with van der Waals surface area (Å²) in [7, 11) is 1.89. The number of anilines is 1. The van der Waals surface area contributed by atoms with E-state index < -0.39 is 0 Å². The largest absolute Gasteiger partial charge is 0.494 e. The van der Waals surface area contributed by atoms with Crippen molar-refractivity contribution in [2.24, 2.45) is 7.05 Å². The molecule has 9 heteroatoms. The van der Waals surface area contributed by atoms with Gasteiger partial charge in [0, 0.05) is 31.0 Å². The number of hydrogen-bond donors (Lipinski definition) is 1. The van der Waals surface area contributed by atoms with Gasteiger partial charge in [0.05, 0.1) is 17.9 Å². The van der Waals surface area contributed by atoms with Gasteiger partial charge < -0.3 is 14.6 Å². The van der Waals surface area contributed by atoms with E-state index in [4.69, 9.17) is 4.74 Å². The maximum atomic E-state index is 12.5.